The highest BCUT2D eigenvalue weighted by Gasteiger charge is 2.30. The number of halogens is 4. The van der Waals surface area contributed by atoms with Crippen LogP contribution < -0.4 is 5.73 Å². The van der Waals surface area contributed by atoms with E-state index in [0.29, 0.717) is 13.0 Å². The van der Waals surface area contributed by atoms with Gasteiger partial charge < -0.3 is 15.2 Å². The molecule has 0 radical (unpaired) electrons. The molecule has 0 spiro atoms. The van der Waals surface area contributed by atoms with Crippen LogP contribution in [-0.4, -0.2) is 31.1 Å². The number of alkyl halides is 4. The standard InChI is InChI=1S/C10H9F2NO4.C10H11F2NO2/c1-10(11,12)6-3-4-7(9(14)17-2)8(5-6)13(15)16;1-10(11,12)6-3-4-7(8(13)5-6)9(14)15-2/h3-5H,1-2H3;3-5H,13H2,1-2H3. The molecular weight excluding hydrogens is 440 g/mol. The normalized spacial score (nSPS) is 11.1. The number of carbonyl (C=O) groups excluding carboxylic acids is 2. The van der Waals surface area contributed by atoms with Crippen LogP contribution in [0.1, 0.15) is 45.7 Å². The number of nitrogen functional groups attached to an aromatic ring is 1. The number of benzene rings is 2. The molecule has 0 fully saturated rings. The fourth-order valence-electron chi connectivity index (χ4n) is 2.37. The quantitative estimate of drug-likeness (QED) is 0.226. The van der Waals surface area contributed by atoms with Crippen molar-refractivity contribution in [3.05, 3.63) is 68.8 Å². The first kappa shape index (κ1) is 26.3. The molecule has 0 aliphatic heterocycles. The van der Waals surface area contributed by atoms with Crippen molar-refractivity contribution < 1.29 is 41.5 Å². The molecule has 2 N–H and O–H groups in total. The number of nitrogens with two attached hydrogens (primary N) is 1. The molecular formula is C20H20F4N2O6. The average Bonchev–Trinajstić information content (AvgIpc) is 2.71. The number of esters is 2. The van der Waals surface area contributed by atoms with Gasteiger partial charge in [-0.15, -0.1) is 0 Å². The summed E-state index contributed by atoms with van der Waals surface area (Å²) in [5.74, 6) is -7.76. The second kappa shape index (κ2) is 10.1. The Labute approximate surface area is 180 Å². The molecule has 0 amide bonds. The second-order valence-corrected chi connectivity index (χ2v) is 6.55. The van der Waals surface area contributed by atoms with Crippen LogP contribution in [0.3, 0.4) is 0 Å². The highest BCUT2D eigenvalue weighted by molar-refractivity contribution is 5.95. The lowest BCUT2D eigenvalue weighted by Crippen LogP contribution is -2.11. The topological polar surface area (TPSA) is 122 Å². The van der Waals surface area contributed by atoms with Crippen molar-refractivity contribution in [3.63, 3.8) is 0 Å². The lowest BCUT2D eigenvalue weighted by molar-refractivity contribution is -0.385. The zero-order valence-electron chi connectivity index (χ0n) is 17.5. The van der Waals surface area contributed by atoms with E-state index in [1.807, 2.05) is 0 Å². The van der Waals surface area contributed by atoms with Gasteiger partial charge in [0.2, 0.25) is 0 Å². The monoisotopic (exact) mass is 460 g/mol. The molecule has 0 saturated heterocycles. The summed E-state index contributed by atoms with van der Waals surface area (Å²) in [5, 5.41) is 10.7. The maximum atomic E-state index is 13.0. The van der Waals surface area contributed by atoms with Crippen molar-refractivity contribution >= 4 is 23.3 Å². The van der Waals surface area contributed by atoms with Gasteiger partial charge in [0, 0.05) is 36.7 Å². The molecule has 0 aliphatic rings. The molecule has 0 bridgehead atoms. The van der Waals surface area contributed by atoms with Crippen LogP contribution in [0.25, 0.3) is 0 Å². The average molecular weight is 460 g/mol. The summed E-state index contributed by atoms with van der Waals surface area (Å²) in [5.41, 5.74) is 3.72. The number of carbonyl (C=O) groups is 2. The fraction of sp³-hybridized carbons (Fsp3) is 0.300. The van der Waals surface area contributed by atoms with Crippen LogP contribution in [0.15, 0.2) is 36.4 Å². The zero-order valence-corrected chi connectivity index (χ0v) is 17.5. The molecule has 0 saturated carbocycles. The molecule has 2 rings (SSSR count). The first-order valence-corrected chi connectivity index (χ1v) is 8.74. The van der Waals surface area contributed by atoms with Crippen LogP contribution in [0.4, 0.5) is 28.9 Å². The van der Waals surface area contributed by atoms with Crippen molar-refractivity contribution in [1.82, 2.24) is 0 Å². The number of ether oxygens (including phenoxy) is 2. The molecule has 0 heterocycles. The maximum absolute atomic E-state index is 13.0. The summed E-state index contributed by atoms with van der Waals surface area (Å²) in [6.07, 6.45) is 0. The van der Waals surface area contributed by atoms with E-state index in [0.717, 1.165) is 38.3 Å². The molecule has 174 valence electrons. The number of nitro groups is 1. The zero-order chi connectivity index (χ0) is 24.9. The van der Waals surface area contributed by atoms with Gasteiger partial charge >= 0.3 is 11.9 Å². The largest absolute Gasteiger partial charge is 0.465 e. The third-order valence-electron chi connectivity index (χ3n) is 4.07. The smallest absolute Gasteiger partial charge is 0.344 e. The van der Waals surface area contributed by atoms with Gasteiger partial charge in [-0.3, -0.25) is 10.1 Å². The molecule has 0 aromatic heterocycles. The third-order valence-corrected chi connectivity index (χ3v) is 4.07. The lowest BCUT2D eigenvalue weighted by atomic mass is 10.1. The minimum atomic E-state index is -3.21. The van der Waals surface area contributed by atoms with Crippen molar-refractivity contribution in [2.45, 2.75) is 25.7 Å². The minimum absolute atomic E-state index is 0.0131. The number of rotatable bonds is 5. The lowest BCUT2D eigenvalue weighted by Gasteiger charge is -2.12. The molecule has 0 unspecified atom stereocenters. The van der Waals surface area contributed by atoms with Gasteiger partial charge in [0.15, 0.2) is 0 Å². The summed E-state index contributed by atoms with van der Waals surface area (Å²) in [6.45, 7) is 1.38. The number of nitrogens with zero attached hydrogens (tertiary/aromatic N) is 1. The minimum Gasteiger partial charge on any atom is -0.465 e. The third kappa shape index (κ3) is 6.65. The first-order valence-electron chi connectivity index (χ1n) is 8.74. The number of hydrogen-bond donors (Lipinski definition) is 1. The molecule has 2 aromatic rings. The van der Waals surface area contributed by atoms with Crippen LogP contribution in [0.5, 0.6) is 0 Å². The summed E-state index contributed by atoms with van der Waals surface area (Å²) in [6, 6.07) is 6.05. The molecule has 0 atom stereocenters. The predicted molar refractivity (Wildman–Crippen MR) is 106 cm³/mol. The van der Waals surface area contributed by atoms with Gasteiger partial charge in [0.05, 0.1) is 24.7 Å². The molecule has 2 aromatic carbocycles. The summed E-state index contributed by atoms with van der Waals surface area (Å²) < 4.78 is 60.5. The van der Waals surface area contributed by atoms with Gasteiger partial charge in [-0.2, -0.15) is 0 Å². The summed E-state index contributed by atoms with van der Waals surface area (Å²) in [4.78, 5) is 32.1. The van der Waals surface area contributed by atoms with Crippen LogP contribution in [-0.2, 0) is 21.3 Å². The van der Waals surface area contributed by atoms with Gasteiger partial charge in [0.25, 0.3) is 17.5 Å². The number of hydrogen-bond acceptors (Lipinski definition) is 7. The molecule has 8 nitrogen and oxygen atoms in total. The van der Waals surface area contributed by atoms with E-state index < -0.39 is 40.0 Å². The van der Waals surface area contributed by atoms with Crippen molar-refractivity contribution in [2.24, 2.45) is 0 Å². The van der Waals surface area contributed by atoms with Gasteiger partial charge in [-0.25, -0.2) is 27.2 Å². The number of nitro benzene ring substituents is 1. The SMILES string of the molecule is COC(=O)c1ccc(C(C)(F)F)cc1N.COC(=O)c1ccc(C(C)(F)F)cc1[N+](=O)[O-]. The Hall–Kier alpha value is -3.70. The van der Waals surface area contributed by atoms with E-state index in [9.17, 15) is 37.3 Å². The van der Waals surface area contributed by atoms with E-state index in [1.165, 1.54) is 13.2 Å². The van der Waals surface area contributed by atoms with Crippen LogP contribution in [0.2, 0.25) is 0 Å². The Morgan fingerprint density at radius 2 is 1.28 bits per heavy atom. The van der Waals surface area contributed by atoms with E-state index in [2.05, 4.69) is 9.47 Å². The Morgan fingerprint density at radius 1 is 0.875 bits per heavy atom. The van der Waals surface area contributed by atoms with E-state index in [4.69, 9.17) is 5.73 Å². The van der Waals surface area contributed by atoms with Crippen molar-refractivity contribution in [3.8, 4) is 0 Å². The highest BCUT2D eigenvalue weighted by atomic mass is 19.3. The van der Waals surface area contributed by atoms with Gasteiger partial charge in [-0.1, -0.05) is 12.1 Å². The maximum Gasteiger partial charge on any atom is 0.344 e. The van der Waals surface area contributed by atoms with E-state index in [1.54, 1.807) is 0 Å². The summed E-state index contributed by atoms with van der Waals surface area (Å²) >= 11 is 0. The fourth-order valence-corrected chi connectivity index (χ4v) is 2.37. The van der Waals surface area contributed by atoms with Crippen LogP contribution in [0, 0.1) is 10.1 Å². The second-order valence-electron chi connectivity index (χ2n) is 6.55. The predicted octanol–water partition coefficient (Wildman–Crippen LogP) is 4.66. The van der Waals surface area contributed by atoms with E-state index in [-0.39, 0.29) is 22.4 Å². The Morgan fingerprint density at radius 3 is 1.66 bits per heavy atom. The molecule has 12 heteroatoms. The molecule has 32 heavy (non-hydrogen) atoms. The Bertz CT molecular complexity index is 1020. The summed E-state index contributed by atoms with van der Waals surface area (Å²) in [7, 11) is 2.25. The van der Waals surface area contributed by atoms with Crippen molar-refractivity contribution in [1.29, 1.82) is 0 Å². The van der Waals surface area contributed by atoms with Crippen molar-refractivity contribution in [2.75, 3.05) is 20.0 Å². The number of anilines is 1. The highest BCUT2D eigenvalue weighted by Crippen LogP contribution is 2.32. The van der Waals surface area contributed by atoms with Gasteiger partial charge in [0.1, 0.15) is 5.56 Å². The Balaban J connectivity index is 0.000000323. The number of methoxy groups -OCH3 is 2. The van der Waals surface area contributed by atoms with E-state index >= 15 is 0 Å². The Kier molecular flexibility index (Phi) is 8.29. The van der Waals surface area contributed by atoms with Crippen LogP contribution >= 0.6 is 0 Å². The molecule has 0 aliphatic carbocycles. The first-order chi connectivity index (χ1) is 14.6. The van der Waals surface area contributed by atoms with Gasteiger partial charge in [-0.05, 0) is 18.2 Å².